The highest BCUT2D eigenvalue weighted by Crippen LogP contribution is 2.28. The second kappa shape index (κ2) is 7.32. The van der Waals surface area contributed by atoms with E-state index in [2.05, 4.69) is 44.9 Å². The van der Waals surface area contributed by atoms with Crippen LogP contribution in [0.1, 0.15) is 55.7 Å². The Labute approximate surface area is 171 Å². The van der Waals surface area contributed by atoms with Gasteiger partial charge >= 0.3 is 0 Å². The number of pyridine rings is 1. The summed E-state index contributed by atoms with van der Waals surface area (Å²) >= 11 is 0. The maximum Gasteiger partial charge on any atom is 0.258 e. The van der Waals surface area contributed by atoms with Gasteiger partial charge in [0.15, 0.2) is 5.65 Å². The average Bonchev–Trinajstić information content (AvgIpc) is 3.16. The number of carbonyl (C=O) groups is 1. The molecule has 5 nitrogen and oxygen atoms in total. The number of hydrogen-bond acceptors (Lipinski definition) is 3. The molecule has 0 spiro atoms. The molecule has 148 valence electrons. The Morgan fingerprint density at radius 2 is 1.72 bits per heavy atom. The zero-order valence-corrected chi connectivity index (χ0v) is 17.5. The standard InChI is InChI=1S/C24H26N4O/c1-15(2)22-13-20(21-14-25-28(16(3)4)23(21)26-22)24(29)27(5)19-11-10-17-8-6-7-9-18(17)12-19/h6-16H,1-5H3. The van der Waals surface area contributed by atoms with E-state index in [1.165, 1.54) is 0 Å². The molecule has 4 rings (SSSR count). The molecule has 0 unspecified atom stereocenters. The minimum atomic E-state index is -0.0575. The van der Waals surface area contributed by atoms with Crippen molar-refractivity contribution in [1.29, 1.82) is 0 Å². The number of fused-ring (bicyclic) bond motifs is 2. The van der Waals surface area contributed by atoms with Gasteiger partial charge in [-0.2, -0.15) is 5.10 Å². The van der Waals surface area contributed by atoms with Gasteiger partial charge in [0.05, 0.1) is 17.1 Å². The molecule has 0 aliphatic heterocycles. The van der Waals surface area contributed by atoms with Crippen LogP contribution in [0.15, 0.2) is 54.7 Å². The molecule has 1 amide bonds. The van der Waals surface area contributed by atoms with E-state index in [0.29, 0.717) is 5.56 Å². The lowest BCUT2D eigenvalue weighted by atomic mass is 10.0. The van der Waals surface area contributed by atoms with Crippen LogP contribution in [0.25, 0.3) is 21.8 Å². The fourth-order valence-corrected chi connectivity index (χ4v) is 3.57. The van der Waals surface area contributed by atoms with Crippen LogP contribution in [0.4, 0.5) is 5.69 Å². The molecule has 2 aromatic heterocycles. The first-order valence-electron chi connectivity index (χ1n) is 10.0. The number of hydrogen-bond donors (Lipinski definition) is 0. The van der Waals surface area contributed by atoms with Crippen molar-refractivity contribution < 1.29 is 4.79 Å². The fraction of sp³-hybridized carbons (Fsp3) is 0.292. The highest BCUT2D eigenvalue weighted by atomic mass is 16.2. The summed E-state index contributed by atoms with van der Waals surface area (Å²) in [6.07, 6.45) is 1.76. The first-order valence-corrected chi connectivity index (χ1v) is 10.0. The first kappa shape index (κ1) is 19.1. The van der Waals surface area contributed by atoms with Crippen LogP contribution >= 0.6 is 0 Å². The van der Waals surface area contributed by atoms with Crippen LogP contribution < -0.4 is 4.90 Å². The van der Waals surface area contributed by atoms with Crippen LogP contribution in [0.3, 0.4) is 0 Å². The normalized spacial score (nSPS) is 11.7. The molecule has 0 aliphatic rings. The molecule has 0 saturated heterocycles. The van der Waals surface area contributed by atoms with Crippen LogP contribution in [-0.2, 0) is 0 Å². The summed E-state index contributed by atoms with van der Waals surface area (Å²) in [4.78, 5) is 20.0. The molecular weight excluding hydrogens is 360 g/mol. The fourth-order valence-electron chi connectivity index (χ4n) is 3.57. The van der Waals surface area contributed by atoms with Gasteiger partial charge in [0.25, 0.3) is 5.91 Å². The van der Waals surface area contributed by atoms with Crippen LogP contribution in [0.5, 0.6) is 0 Å². The molecule has 4 aromatic rings. The van der Waals surface area contributed by atoms with E-state index >= 15 is 0 Å². The number of amides is 1. The minimum absolute atomic E-state index is 0.0575. The Kier molecular flexibility index (Phi) is 4.82. The molecule has 0 radical (unpaired) electrons. The van der Waals surface area contributed by atoms with Gasteiger partial charge in [-0.25, -0.2) is 9.67 Å². The third kappa shape index (κ3) is 3.37. The second-order valence-corrected chi connectivity index (χ2v) is 8.07. The number of aromatic nitrogens is 3. The minimum Gasteiger partial charge on any atom is -0.311 e. The van der Waals surface area contributed by atoms with E-state index in [1.54, 1.807) is 11.1 Å². The first-order chi connectivity index (χ1) is 13.9. The van der Waals surface area contributed by atoms with Crippen LogP contribution in [0.2, 0.25) is 0 Å². The number of anilines is 1. The van der Waals surface area contributed by atoms with Crippen LogP contribution in [0, 0.1) is 0 Å². The summed E-state index contributed by atoms with van der Waals surface area (Å²) in [7, 11) is 1.82. The van der Waals surface area contributed by atoms with Crippen molar-refractivity contribution in [2.45, 2.75) is 39.7 Å². The van der Waals surface area contributed by atoms with E-state index < -0.39 is 0 Å². The highest BCUT2D eigenvalue weighted by Gasteiger charge is 2.22. The molecule has 0 N–H and O–H groups in total. The largest absolute Gasteiger partial charge is 0.311 e. The number of rotatable bonds is 4. The summed E-state index contributed by atoms with van der Waals surface area (Å²) in [6.45, 7) is 8.31. The zero-order chi connectivity index (χ0) is 20.7. The molecule has 0 saturated carbocycles. The summed E-state index contributed by atoms with van der Waals surface area (Å²) in [6, 6.07) is 16.3. The van der Waals surface area contributed by atoms with E-state index in [0.717, 1.165) is 33.2 Å². The van der Waals surface area contributed by atoms with Crippen molar-refractivity contribution >= 4 is 33.4 Å². The molecule has 5 heteroatoms. The Balaban J connectivity index is 1.82. The van der Waals surface area contributed by atoms with E-state index in [4.69, 9.17) is 4.98 Å². The van der Waals surface area contributed by atoms with E-state index in [9.17, 15) is 4.79 Å². The van der Waals surface area contributed by atoms with Gasteiger partial charge in [0.1, 0.15) is 0 Å². The van der Waals surface area contributed by atoms with Crippen molar-refractivity contribution in [3.8, 4) is 0 Å². The lowest BCUT2D eigenvalue weighted by molar-refractivity contribution is 0.0994. The maximum atomic E-state index is 13.5. The highest BCUT2D eigenvalue weighted by molar-refractivity contribution is 6.13. The van der Waals surface area contributed by atoms with Gasteiger partial charge in [-0.3, -0.25) is 4.79 Å². The van der Waals surface area contributed by atoms with Gasteiger partial charge in [-0.15, -0.1) is 0 Å². The van der Waals surface area contributed by atoms with Gasteiger partial charge in [0, 0.05) is 24.5 Å². The Morgan fingerprint density at radius 3 is 2.41 bits per heavy atom. The Bertz CT molecular complexity index is 1210. The topological polar surface area (TPSA) is 51.0 Å². The molecule has 2 aromatic carbocycles. The van der Waals surface area contributed by atoms with Crippen molar-refractivity contribution in [3.05, 3.63) is 66.0 Å². The van der Waals surface area contributed by atoms with Crippen molar-refractivity contribution in [1.82, 2.24) is 14.8 Å². The van der Waals surface area contributed by atoms with Gasteiger partial charge in [-0.05, 0) is 48.7 Å². The third-order valence-electron chi connectivity index (χ3n) is 5.32. The van der Waals surface area contributed by atoms with E-state index in [-0.39, 0.29) is 17.9 Å². The molecular formula is C24H26N4O. The predicted octanol–water partition coefficient (Wildman–Crippen LogP) is 5.57. The zero-order valence-electron chi connectivity index (χ0n) is 17.5. The molecule has 0 atom stereocenters. The molecule has 0 bridgehead atoms. The van der Waals surface area contributed by atoms with Gasteiger partial charge in [0.2, 0.25) is 0 Å². The lowest BCUT2D eigenvalue weighted by Crippen LogP contribution is -2.26. The predicted molar refractivity (Wildman–Crippen MR) is 119 cm³/mol. The molecule has 0 fully saturated rings. The quantitative estimate of drug-likeness (QED) is 0.461. The van der Waals surface area contributed by atoms with Crippen molar-refractivity contribution in [2.24, 2.45) is 0 Å². The number of nitrogens with zero attached hydrogens (tertiary/aromatic N) is 4. The molecule has 2 heterocycles. The van der Waals surface area contributed by atoms with Crippen LogP contribution in [-0.4, -0.2) is 27.7 Å². The van der Waals surface area contributed by atoms with Gasteiger partial charge in [-0.1, -0.05) is 44.2 Å². The van der Waals surface area contributed by atoms with E-state index in [1.807, 2.05) is 48.1 Å². The average molecular weight is 386 g/mol. The Hall–Kier alpha value is -3.21. The van der Waals surface area contributed by atoms with Gasteiger partial charge < -0.3 is 4.90 Å². The molecule has 29 heavy (non-hydrogen) atoms. The second-order valence-electron chi connectivity index (χ2n) is 8.07. The third-order valence-corrected chi connectivity index (χ3v) is 5.32. The van der Waals surface area contributed by atoms with Crippen molar-refractivity contribution in [3.63, 3.8) is 0 Å². The van der Waals surface area contributed by atoms with Crippen molar-refractivity contribution in [2.75, 3.05) is 11.9 Å². The smallest absolute Gasteiger partial charge is 0.258 e. The number of carbonyl (C=O) groups excluding carboxylic acids is 1. The molecule has 0 aliphatic carbocycles. The maximum absolute atomic E-state index is 13.5. The SMILES string of the molecule is CC(C)c1cc(C(=O)N(C)c2ccc3ccccc3c2)c2cnn(C(C)C)c2n1. The summed E-state index contributed by atoms with van der Waals surface area (Å²) in [5.74, 6) is 0.158. The lowest BCUT2D eigenvalue weighted by Gasteiger charge is -2.19. The monoisotopic (exact) mass is 386 g/mol. The number of benzene rings is 2. The summed E-state index contributed by atoms with van der Waals surface area (Å²) < 4.78 is 1.88. The summed E-state index contributed by atoms with van der Waals surface area (Å²) in [5, 5.41) is 7.55. The summed E-state index contributed by atoms with van der Waals surface area (Å²) in [5.41, 5.74) is 3.17. The Morgan fingerprint density at radius 1 is 1.00 bits per heavy atom.